The van der Waals surface area contributed by atoms with Crippen LogP contribution < -0.4 is 11.1 Å². The molecule has 2 nitrogen and oxygen atoms in total. The zero-order valence-electron chi connectivity index (χ0n) is 10.5. The van der Waals surface area contributed by atoms with Gasteiger partial charge in [0.05, 0.1) is 10.6 Å². The summed E-state index contributed by atoms with van der Waals surface area (Å²) in [6, 6.07) is 5.64. The molecule has 0 saturated heterocycles. The van der Waals surface area contributed by atoms with Crippen molar-refractivity contribution in [3.05, 3.63) is 28.8 Å². The third kappa shape index (κ3) is 3.86. The maximum Gasteiger partial charge on any atom is 0.107 e. The molecule has 17 heavy (non-hydrogen) atoms. The lowest BCUT2D eigenvalue weighted by molar-refractivity contribution is 0.377. The second-order valence-corrected chi connectivity index (χ2v) is 5.74. The Hall–Kier alpha value is -0.800. The Balaban J connectivity index is 2.92. The largest absolute Gasteiger partial charge is 0.389 e. The molecule has 0 heterocycles. The van der Waals surface area contributed by atoms with E-state index >= 15 is 0 Å². The fourth-order valence-electron chi connectivity index (χ4n) is 1.38. The minimum Gasteiger partial charge on any atom is -0.389 e. The summed E-state index contributed by atoms with van der Waals surface area (Å²) in [6.07, 6.45) is 1.10. The van der Waals surface area contributed by atoms with Crippen LogP contribution in [0.4, 0.5) is 5.69 Å². The summed E-state index contributed by atoms with van der Waals surface area (Å²) in [6.45, 7) is 7.46. The van der Waals surface area contributed by atoms with Crippen LogP contribution in [0.2, 0.25) is 5.02 Å². The molecule has 0 aliphatic rings. The van der Waals surface area contributed by atoms with E-state index in [1.54, 1.807) is 6.07 Å². The van der Waals surface area contributed by atoms with Crippen LogP contribution in [0.1, 0.15) is 32.8 Å². The Morgan fingerprint density at radius 1 is 1.47 bits per heavy atom. The first kappa shape index (κ1) is 14.3. The van der Waals surface area contributed by atoms with E-state index in [1.165, 1.54) is 0 Å². The molecule has 4 heteroatoms. The van der Waals surface area contributed by atoms with E-state index in [0.29, 0.717) is 10.0 Å². The molecule has 0 fully saturated rings. The monoisotopic (exact) mass is 270 g/mol. The second-order valence-electron chi connectivity index (χ2n) is 4.90. The van der Waals surface area contributed by atoms with Crippen LogP contribution in [0, 0.1) is 5.41 Å². The second kappa shape index (κ2) is 5.69. The molecular weight excluding hydrogens is 252 g/mol. The summed E-state index contributed by atoms with van der Waals surface area (Å²) in [7, 11) is 0. The Morgan fingerprint density at radius 2 is 2.12 bits per heavy atom. The van der Waals surface area contributed by atoms with E-state index in [9.17, 15) is 0 Å². The van der Waals surface area contributed by atoms with Crippen molar-refractivity contribution >= 4 is 34.5 Å². The van der Waals surface area contributed by atoms with Crippen molar-refractivity contribution < 1.29 is 0 Å². The molecule has 1 aromatic carbocycles. The Bertz CT molecular complexity index is 416. The predicted octanol–water partition coefficient (Wildman–Crippen LogP) is 3.82. The summed E-state index contributed by atoms with van der Waals surface area (Å²) in [5, 5.41) is 3.97. The number of rotatable bonds is 5. The molecule has 0 atom stereocenters. The lowest BCUT2D eigenvalue weighted by Crippen LogP contribution is -2.23. The Labute approximate surface area is 114 Å². The van der Waals surface area contributed by atoms with Crippen LogP contribution >= 0.6 is 23.8 Å². The van der Waals surface area contributed by atoms with E-state index in [0.717, 1.165) is 24.2 Å². The highest BCUT2D eigenvalue weighted by molar-refractivity contribution is 7.80. The van der Waals surface area contributed by atoms with Crippen LogP contribution in [0.3, 0.4) is 0 Å². The summed E-state index contributed by atoms with van der Waals surface area (Å²) in [5.74, 6) is 0. The number of thiocarbonyl (C=S) groups is 1. The average Bonchev–Trinajstić information content (AvgIpc) is 2.26. The van der Waals surface area contributed by atoms with Crippen LogP contribution in [-0.4, -0.2) is 11.5 Å². The van der Waals surface area contributed by atoms with Gasteiger partial charge in [0, 0.05) is 12.2 Å². The normalized spacial score (nSPS) is 11.3. The summed E-state index contributed by atoms with van der Waals surface area (Å²) in [4.78, 5) is 0.326. The molecule has 1 aromatic rings. The summed E-state index contributed by atoms with van der Waals surface area (Å²) in [5.41, 5.74) is 7.57. The van der Waals surface area contributed by atoms with Crippen LogP contribution in [-0.2, 0) is 0 Å². The Kier molecular flexibility index (Phi) is 4.78. The topological polar surface area (TPSA) is 38.0 Å². The predicted molar refractivity (Wildman–Crippen MR) is 79.9 cm³/mol. The van der Waals surface area contributed by atoms with E-state index in [-0.39, 0.29) is 5.41 Å². The number of nitrogens with two attached hydrogens (primary N) is 1. The van der Waals surface area contributed by atoms with Crippen LogP contribution in [0.5, 0.6) is 0 Å². The first-order valence-corrected chi connectivity index (χ1v) is 6.48. The third-order valence-electron chi connectivity index (χ3n) is 2.97. The molecule has 0 aliphatic heterocycles. The molecule has 0 bridgehead atoms. The molecule has 0 unspecified atom stereocenters. The van der Waals surface area contributed by atoms with Crippen molar-refractivity contribution in [3.63, 3.8) is 0 Å². The van der Waals surface area contributed by atoms with E-state index in [2.05, 4.69) is 26.1 Å². The smallest absolute Gasteiger partial charge is 0.107 e. The van der Waals surface area contributed by atoms with E-state index in [1.807, 2.05) is 12.1 Å². The molecule has 0 saturated carbocycles. The molecule has 0 radical (unpaired) electrons. The molecular formula is C13H19ClN2S. The van der Waals surface area contributed by atoms with Crippen molar-refractivity contribution in [3.8, 4) is 0 Å². The number of halogens is 1. The highest BCUT2D eigenvalue weighted by Gasteiger charge is 2.16. The maximum absolute atomic E-state index is 6.10. The zero-order valence-corrected chi connectivity index (χ0v) is 12.1. The number of benzene rings is 1. The SMILES string of the molecule is CCC(C)(C)CNc1cccc(Cl)c1C(N)=S. The minimum atomic E-state index is 0.232. The van der Waals surface area contributed by atoms with Crippen molar-refractivity contribution in [1.29, 1.82) is 0 Å². The highest BCUT2D eigenvalue weighted by atomic mass is 35.5. The summed E-state index contributed by atoms with van der Waals surface area (Å²) >= 11 is 11.1. The van der Waals surface area contributed by atoms with Gasteiger partial charge in [-0.1, -0.05) is 50.7 Å². The number of anilines is 1. The van der Waals surface area contributed by atoms with Gasteiger partial charge in [-0.05, 0) is 24.0 Å². The third-order valence-corrected chi connectivity index (χ3v) is 3.49. The fraction of sp³-hybridized carbons (Fsp3) is 0.462. The zero-order chi connectivity index (χ0) is 13.1. The van der Waals surface area contributed by atoms with Gasteiger partial charge in [-0.3, -0.25) is 0 Å². The quantitative estimate of drug-likeness (QED) is 0.799. The van der Waals surface area contributed by atoms with Crippen molar-refractivity contribution in [2.75, 3.05) is 11.9 Å². The lowest BCUT2D eigenvalue weighted by atomic mass is 9.90. The number of hydrogen-bond donors (Lipinski definition) is 2. The standard InChI is InChI=1S/C13H19ClN2S/c1-4-13(2,3)8-16-10-7-5-6-9(14)11(10)12(15)17/h5-7,16H,4,8H2,1-3H3,(H2,15,17). The van der Waals surface area contributed by atoms with E-state index in [4.69, 9.17) is 29.6 Å². The van der Waals surface area contributed by atoms with Gasteiger partial charge in [-0.25, -0.2) is 0 Å². The van der Waals surface area contributed by atoms with Gasteiger partial charge in [0.1, 0.15) is 4.99 Å². The van der Waals surface area contributed by atoms with Gasteiger partial charge in [0.2, 0.25) is 0 Å². The van der Waals surface area contributed by atoms with Gasteiger partial charge in [-0.15, -0.1) is 0 Å². The van der Waals surface area contributed by atoms with Gasteiger partial charge < -0.3 is 11.1 Å². The van der Waals surface area contributed by atoms with E-state index < -0.39 is 0 Å². The van der Waals surface area contributed by atoms with Crippen molar-refractivity contribution in [2.45, 2.75) is 27.2 Å². The van der Waals surface area contributed by atoms with Gasteiger partial charge in [0.15, 0.2) is 0 Å². The first-order valence-electron chi connectivity index (χ1n) is 5.69. The minimum absolute atomic E-state index is 0.232. The van der Waals surface area contributed by atoms with Crippen molar-refractivity contribution in [2.24, 2.45) is 11.1 Å². The Morgan fingerprint density at radius 3 is 2.65 bits per heavy atom. The molecule has 3 N–H and O–H groups in total. The maximum atomic E-state index is 6.10. The van der Waals surface area contributed by atoms with Crippen LogP contribution in [0.15, 0.2) is 18.2 Å². The fourth-order valence-corrected chi connectivity index (χ4v) is 1.93. The van der Waals surface area contributed by atoms with Crippen molar-refractivity contribution in [1.82, 2.24) is 0 Å². The van der Waals surface area contributed by atoms with Gasteiger partial charge in [0.25, 0.3) is 0 Å². The number of nitrogens with one attached hydrogen (secondary N) is 1. The summed E-state index contributed by atoms with van der Waals surface area (Å²) < 4.78 is 0. The van der Waals surface area contributed by atoms with Crippen LogP contribution in [0.25, 0.3) is 0 Å². The molecule has 0 amide bonds. The molecule has 0 aliphatic carbocycles. The highest BCUT2D eigenvalue weighted by Crippen LogP contribution is 2.26. The number of hydrogen-bond acceptors (Lipinski definition) is 2. The molecule has 94 valence electrons. The average molecular weight is 271 g/mol. The first-order chi connectivity index (χ1) is 7.87. The lowest BCUT2D eigenvalue weighted by Gasteiger charge is -2.24. The van der Waals surface area contributed by atoms with Gasteiger partial charge in [-0.2, -0.15) is 0 Å². The van der Waals surface area contributed by atoms with Gasteiger partial charge >= 0.3 is 0 Å². The molecule has 1 rings (SSSR count). The molecule has 0 aromatic heterocycles. The molecule has 0 spiro atoms.